The number of nitrogens with one attached hydrogen (secondary N) is 1. The average Bonchev–Trinajstić information content (AvgIpc) is 3.27. The van der Waals surface area contributed by atoms with Gasteiger partial charge in [-0.25, -0.2) is 0 Å². The Labute approximate surface area is 130 Å². The molecule has 1 unspecified atom stereocenters. The summed E-state index contributed by atoms with van der Waals surface area (Å²) in [5.74, 6) is 0.202. The van der Waals surface area contributed by atoms with Crippen molar-refractivity contribution < 1.29 is 4.79 Å². The first-order valence-electron chi connectivity index (χ1n) is 8.06. The molecule has 1 atom stereocenters. The van der Waals surface area contributed by atoms with E-state index in [1.54, 1.807) is 0 Å². The van der Waals surface area contributed by atoms with Gasteiger partial charge in [-0.05, 0) is 30.5 Å². The molecule has 1 aromatic carbocycles. The van der Waals surface area contributed by atoms with Gasteiger partial charge in [-0.3, -0.25) is 4.79 Å². The van der Waals surface area contributed by atoms with Gasteiger partial charge in [0, 0.05) is 31.0 Å². The van der Waals surface area contributed by atoms with Gasteiger partial charge >= 0.3 is 0 Å². The molecule has 1 aliphatic carbocycles. The average molecular weight is 295 g/mol. The van der Waals surface area contributed by atoms with E-state index in [1.807, 2.05) is 23.1 Å². The quantitative estimate of drug-likeness (QED) is 0.938. The minimum Gasteiger partial charge on any atom is -0.348 e. The zero-order valence-electron chi connectivity index (χ0n) is 12.6. The normalized spacial score (nSPS) is 20.7. The Morgan fingerprint density at radius 2 is 1.91 bits per heavy atom. The zero-order chi connectivity index (χ0) is 14.9. The summed E-state index contributed by atoms with van der Waals surface area (Å²) >= 11 is 0. The van der Waals surface area contributed by atoms with E-state index in [1.165, 1.54) is 24.1 Å². The minimum atomic E-state index is 0.0263. The molecule has 1 N–H and O–H groups in total. The molecule has 4 nitrogen and oxygen atoms in total. The Morgan fingerprint density at radius 3 is 2.68 bits per heavy atom. The summed E-state index contributed by atoms with van der Waals surface area (Å²) in [7, 11) is 0. The number of aromatic nitrogens is 1. The molecule has 4 rings (SSSR count). The first kappa shape index (κ1) is 13.6. The lowest BCUT2D eigenvalue weighted by Gasteiger charge is -2.37. The molecule has 22 heavy (non-hydrogen) atoms. The lowest BCUT2D eigenvalue weighted by atomic mass is 10.00. The highest BCUT2D eigenvalue weighted by molar-refractivity contribution is 5.79. The molecular formula is C18H21N3O. The second-order valence-electron chi connectivity index (χ2n) is 6.18. The zero-order valence-corrected chi connectivity index (χ0v) is 12.6. The number of carbonyl (C=O) groups is 1. The summed E-state index contributed by atoms with van der Waals surface area (Å²) in [6, 6.07) is 15.1. The number of amides is 1. The highest BCUT2D eigenvalue weighted by Gasteiger charge is 2.32. The Kier molecular flexibility index (Phi) is 3.47. The van der Waals surface area contributed by atoms with Crippen LogP contribution in [0.15, 0.2) is 48.7 Å². The number of rotatable bonds is 4. The Balaban J connectivity index is 1.63. The number of carbonyl (C=O) groups excluding carboxylic acids is 1. The van der Waals surface area contributed by atoms with Crippen molar-refractivity contribution in [3.05, 3.63) is 59.9 Å². The number of hydrogen-bond donors (Lipinski definition) is 1. The molecule has 1 aromatic heterocycles. The summed E-state index contributed by atoms with van der Waals surface area (Å²) < 4.78 is 2.26. The van der Waals surface area contributed by atoms with E-state index in [0.29, 0.717) is 12.6 Å². The van der Waals surface area contributed by atoms with Crippen LogP contribution in [0.4, 0.5) is 0 Å². The van der Waals surface area contributed by atoms with Gasteiger partial charge in [0.2, 0.25) is 5.91 Å². The third kappa shape index (κ3) is 2.55. The molecule has 2 aliphatic rings. The minimum absolute atomic E-state index is 0.0263. The van der Waals surface area contributed by atoms with Crippen LogP contribution in [-0.2, 0) is 11.3 Å². The van der Waals surface area contributed by atoms with Crippen LogP contribution in [-0.4, -0.2) is 34.5 Å². The van der Waals surface area contributed by atoms with Crippen LogP contribution in [0.5, 0.6) is 0 Å². The summed E-state index contributed by atoms with van der Waals surface area (Å²) in [5, 5.41) is 3.35. The fourth-order valence-corrected chi connectivity index (χ4v) is 3.26. The first-order chi connectivity index (χ1) is 10.8. The maximum atomic E-state index is 12.7. The number of nitrogens with zero attached hydrogens (tertiary/aromatic N) is 2. The maximum Gasteiger partial charge on any atom is 0.237 e. The molecule has 1 aliphatic heterocycles. The van der Waals surface area contributed by atoms with Gasteiger partial charge in [-0.2, -0.15) is 0 Å². The monoisotopic (exact) mass is 295 g/mol. The van der Waals surface area contributed by atoms with Crippen molar-refractivity contribution in [3.63, 3.8) is 0 Å². The highest BCUT2D eigenvalue weighted by Crippen LogP contribution is 2.32. The number of benzene rings is 1. The van der Waals surface area contributed by atoms with E-state index in [0.717, 1.165) is 13.1 Å². The lowest BCUT2D eigenvalue weighted by Crippen LogP contribution is -2.46. The van der Waals surface area contributed by atoms with E-state index >= 15 is 0 Å². The van der Waals surface area contributed by atoms with Gasteiger partial charge in [0.25, 0.3) is 0 Å². The molecule has 0 saturated heterocycles. The molecule has 114 valence electrons. The van der Waals surface area contributed by atoms with Crippen LogP contribution in [0.3, 0.4) is 0 Å². The summed E-state index contributed by atoms with van der Waals surface area (Å²) in [6.07, 6.45) is 4.52. The standard InChI is InChI=1S/C18H21N3O/c22-17(13-19-15-8-9-15)21-12-11-20-10-4-7-16(20)18(21)14-5-2-1-3-6-14/h1-7,10,15,18-19H,8-9,11-13H2. The summed E-state index contributed by atoms with van der Waals surface area (Å²) in [4.78, 5) is 14.7. The van der Waals surface area contributed by atoms with Crippen molar-refractivity contribution in [2.75, 3.05) is 13.1 Å². The van der Waals surface area contributed by atoms with E-state index in [9.17, 15) is 4.79 Å². The third-order valence-corrected chi connectivity index (χ3v) is 4.59. The number of fused-ring (bicyclic) bond motifs is 1. The molecule has 1 saturated carbocycles. The van der Waals surface area contributed by atoms with Gasteiger partial charge in [-0.15, -0.1) is 0 Å². The van der Waals surface area contributed by atoms with Crippen molar-refractivity contribution in [2.45, 2.75) is 31.5 Å². The van der Waals surface area contributed by atoms with Gasteiger partial charge in [0.15, 0.2) is 0 Å². The largest absolute Gasteiger partial charge is 0.348 e. The van der Waals surface area contributed by atoms with E-state index < -0.39 is 0 Å². The maximum absolute atomic E-state index is 12.7. The van der Waals surface area contributed by atoms with Crippen molar-refractivity contribution in [1.29, 1.82) is 0 Å². The van der Waals surface area contributed by atoms with Crippen LogP contribution < -0.4 is 5.32 Å². The first-order valence-corrected chi connectivity index (χ1v) is 8.06. The predicted molar refractivity (Wildman–Crippen MR) is 85.5 cm³/mol. The second-order valence-corrected chi connectivity index (χ2v) is 6.18. The van der Waals surface area contributed by atoms with Crippen molar-refractivity contribution >= 4 is 5.91 Å². The lowest BCUT2D eigenvalue weighted by molar-refractivity contribution is -0.133. The van der Waals surface area contributed by atoms with Crippen molar-refractivity contribution in [3.8, 4) is 0 Å². The van der Waals surface area contributed by atoms with Crippen molar-refractivity contribution in [1.82, 2.24) is 14.8 Å². The molecular weight excluding hydrogens is 274 g/mol. The molecule has 2 heterocycles. The third-order valence-electron chi connectivity index (χ3n) is 4.59. The predicted octanol–water partition coefficient (Wildman–Crippen LogP) is 2.17. The van der Waals surface area contributed by atoms with Crippen LogP contribution in [0.2, 0.25) is 0 Å². The Morgan fingerprint density at radius 1 is 1.09 bits per heavy atom. The summed E-state index contributed by atoms with van der Waals surface area (Å²) in [6.45, 7) is 2.10. The fraction of sp³-hybridized carbons (Fsp3) is 0.389. The smallest absolute Gasteiger partial charge is 0.237 e. The second kappa shape index (κ2) is 5.61. The van der Waals surface area contributed by atoms with Gasteiger partial charge in [0.05, 0.1) is 12.6 Å². The van der Waals surface area contributed by atoms with Gasteiger partial charge < -0.3 is 14.8 Å². The molecule has 2 aromatic rings. The Hall–Kier alpha value is -2.07. The van der Waals surface area contributed by atoms with Crippen LogP contribution in [0.1, 0.15) is 30.1 Å². The SMILES string of the molecule is O=C(CNC1CC1)N1CCn2cccc2C1c1ccccc1. The molecule has 1 fully saturated rings. The van der Waals surface area contributed by atoms with E-state index in [2.05, 4.69) is 40.3 Å². The molecule has 4 heteroatoms. The van der Waals surface area contributed by atoms with Crippen LogP contribution in [0.25, 0.3) is 0 Å². The molecule has 1 amide bonds. The summed E-state index contributed by atoms with van der Waals surface area (Å²) in [5.41, 5.74) is 2.39. The van der Waals surface area contributed by atoms with E-state index in [-0.39, 0.29) is 11.9 Å². The number of hydrogen-bond acceptors (Lipinski definition) is 2. The van der Waals surface area contributed by atoms with Crippen LogP contribution in [0, 0.1) is 0 Å². The Bertz CT molecular complexity index is 660. The van der Waals surface area contributed by atoms with Gasteiger partial charge in [0.1, 0.15) is 0 Å². The molecule has 0 bridgehead atoms. The van der Waals surface area contributed by atoms with Crippen molar-refractivity contribution in [2.24, 2.45) is 0 Å². The fourth-order valence-electron chi connectivity index (χ4n) is 3.26. The topological polar surface area (TPSA) is 37.3 Å². The molecule has 0 radical (unpaired) electrons. The highest BCUT2D eigenvalue weighted by atomic mass is 16.2. The van der Waals surface area contributed by atoms with E-state index in [4.69, 9.17) is 0 Å². The van der Waals surface area contributed by atoms with Gasteiger partial charge in [-0.1, -0.05) is 30.3 Å². The van der Waals surface area contributed by atoms with Crippen LogP contribution >= 0.6 is 0 Å². The molecule has 0 spiro atoms.